The lowest BCUT2D eigenvalue weighted by atomic mass is 10.2. The Hall–Kier alpha value is -1.37. The van der Waals surface area contributed by atoms with Crippen molar-refractivity contribution in [3.8, 4) is 0 Å². The van der Waals surface area contributed by atoms with E-state index in [0.717, 1.165) is 5.56 Å². The Balaban J connectivity index is 2.37. The van der Waals surface area contributed by atoms with Gasteiger partial charge in [-0.15, -0.1) is 0 Å². The Morgan fingerprint density at radius 2 is 1.84 bits per heavy atom. The molecule has 0 aliphatic rings. The van der Waals surface area contributed by atoms with Gasteiger partial charge in [0, 0.05) is 11.0 Å². The van der Waals surface area contributed by atoms with Crippen molar-refractivity contribution in [2.45, 2.75) is 11.4 Å². The van der Waals surface area contributed by atoms with Crippen LogP contribution in [0.5, 0.6) is 0 Å². The first-order valence-electron chi connectivity index (χ1n) is 5.59. The van der Waals surface area contributed by atoms with Crippen LogP contribution in [0.15, 0.2) is 57.9 Å². The van der Waals surface area contributed by atoms with Crippen LogP contribution >= 0.6 is 15.9 Å². The lowest BCUT2D eigenvalue weighted by Crippen LogP contribution is -2.15. The van der Waals surface area contributed by atoms with Crippen molar-refractivity contribution in [2.75, 3.05) is 4.72 Å². The van der Waals surface area contributed by atoms with E-state index in [1.807, 2.05) is 6.07 Å². The predicted molar refractivity (Wildman–Crippen MR) is 79.3 cm³/mol. The van der Waals surface area contributed by atoms with E-state index in [4.69, 9.17) is 5.73 Å². The van der Waals surface area contributed by atoms with Crippen LogP contribution in [0.3, 0.4) is 0 Å². The molecule has 100 valence electrons. The fourth-order valence-electron chi connectivity index (χ4n) is 1.64. The second-order valence-corrected chi connectivity index (χ2v) is 6.52. The Morgan fingerprint density at radius 3 is 2.53 bits per heavy atom. The van der Waals surface area contributed by atoms with Crippen LogP contribution < -0.4 is 10.5 Å². The van der Waals surface area contributed by atoms with E-state index in [2.05, 4.69) is 20.7 Å². The molecule has 0 aromatic heterocycles. The van der Waals surface area contributed by atoms with Crippen molar-refractivity contribution in [3.63, 3.8) is 0 Å². The molecule has 0 aliphatic carbocycles. The number of para-hydroxylation sites is 1. The number of halogens is 1. The molecule has 0 spiro atoms. The molecular formula is C13H13BrN2O2S. The van der Waals surface area contributed by atoms with Gasteiger partial charge in [-0.2, -0.15) is 0 Å². The average Bonchev–Trinajstić information content (AvgIpc) is 2.39. The highest BCUT2D eigenvalue weighted by Gasteiger charge is 2.15. The number of benzene rings is 2. The molecule has 2 rings (SSSR count). The number of nitrogens with two attached hydrogens (primary N) is 1. The quantitative estimate of drug-likeness (QED) is 0.898. The highest BCUT2D eigenvalue weighted by Crippen LogP contribution is 2.21. The summed E-state index contributed by atoms with van der Waals surface area (Å²) < 4.78 is 27.8. The lowest BCUT2D eigenvalue weighted by Gasteiger charge is -2.11. The van der Waals surface area contributed by atoms with Gasteiger partial charge in [0.1, 0.15) is 0 Å². The third kappa shape index (κ3) is 3.34. The summed E-state index contributed by atoms with van der Waals surface area (Å²) in [6, 6.07) is 13.6. The molecule has 19 heavy (non-hydrogen) atoms. The summed E-state index contributed by atoms with van der Waals surface area (Å²) in [5.41, 5.74) is 6.85. The lowest BCUT2D eigenvalue weighted by molar-refractivity contribution is 0.601. The monoisotopic (exact) mass is 340 g/mol. The van der Waals surface area contributed by atoms with E-state index in [-0.39, 0.29) is 11.4 Å². The zero-order chi connectivity index (χ0) is 13.9. The number of hydrogen-bond acceptors (Lipinski definition) is 3. The van der Waals surface area contributed by atoms with E-state index in [9.17, 15) is 8.42 Å². The maximum Gasteiger partial charge on any atom is 0.261 e. The van der Waals surface area contributed by atoms with E-state index >= 15 is 0 Å². The second kappa shape index (κ2) is 5.73. The molecule has 0 bridgehead atoms. The highest BCUT2D eigenvalue weighted by atomic mass is 79.9. The van der Waals surface area contributed by atoms with Gasteiger partial charge in [0.15, 0.2) is 0 Å². The van der Waals surface area contributed by atoms with Gasteiger partial charge in [-0.25, -0.2) is 8.42 Å². The first-order chi connectivity index (χ1) is 9.03. The SMILES string of the molecule is NCc1ccccc1NS(=O)(=O)c1cccc(Br)c1. The summed E-state index contributed by atoms with van der Waals surface area (Å²) in [5.74, 6) is 0. The molecule has 0 radical (unpaired) electrons. The maximum absolute atomic E-state index is 12.2. The molecule has 0 saturated carbocycles. The van der Waals surface area contributed by atoms with Crippen LogP contribution in [-0.4, -0.2) is 8.42 Å². The minimum Gasteiger partial charge on any atom is -0.326 e. The first kappa shape index (κ1) is 14.0. The van der Waals surface area contributed by atoms with Gasteiger partial charge in [0.2, 0.25) is 0 Å². The molecule has 6 heteroatoms. The third-order valence-electron chi connectivity index (χ3n) is 2.59. The minimum absolute atomic E-state index is 0.202. The van der Waals surface area contributed by atoms with Crippen molar-refractivity contribution in [1.82, 2.24) is 0 Å². The largest absolute Gasteiger partial charge is 0.326 e. The Bertz CT molecular complexity index is 687. The van der Waals surface area contributed by atoms with Gasteiger partial charge in [-0.1, -0.05) is 40.2 Å². The topological polar surface area (TPSA) is 72.2 Å². The molecule has 2 aromatic carbocycles. The van der Waals surface area contributed by atoms with Gasteiger partial charge in [-0.05, 0) is 29.8 Å². The van der Waals surface area contributed by atoms with Crippen molar-refractivity contribution >= 4 is 31.6 Å². The molecular weight excluding hydrogens is 328 g/mol. The van der Waals surface area contributed by atoms with Crippen LogP contribution in [0.4, 0.5) is 5.69 Å². The summed E-state index contributed by atoms with van der Waals surface area (Å²) in [7, 11) is -3.60. The number of hydrogen-bond donors (Lipinski definition) is 2. The molecule has 0 atom stereocenters. The van der Waals surface area contributed by atoms with Gasteiger partial charge in [-0.3, -0.25) is 4.72 Å². The van der Waals surface area contributed by atoms with Crippen molar-refractivity contribution in [2.24, 2.45) is 5.73 Å². The minimum atomic E-state index is -3.60. The summed E-state index contributed by atoms with van der Waals surface area (Å²) in [6.07, 6.45) is 0. The van der Waals surface area contributed by atoms with Gasteiger partial charge >= 0.3 is 0 Å². The van der Waals surface area contributed by atoms with Crippen LogP contribution in [-0.2, 0) is 16.6 Å². The zero-order valence-electron chi connectivity index (χ0n) is 10.0. The average molecular weight is 341 g/mol. The van der Waals surface area contributed by atoms with Gasteiger partial charge in [0.25, 0.3) is 10.0 Å². The Morgan fingerprint density at radius 1 is 1.11 bits per heavy atom. The number of sulfonamides is 1. The molecule has 4 nitrogen and oxygen atoms in total. The molecule has 0 fully saturated rings. The van der Waals surface area contributed by atoms with E-state index < -0.39 is 10.0 Å². The molecule has 3 N–H and O–H groups in total. The Kier molecular flexibility index (Phi) is 4.24. The van der Waals surface area contributed by atoms with Gasteiger partial charge in [0.05, 0.1) is 10.6 Å². The molecule has 2 aromatic rings. The second-order valence-electron chi connectivity index (χ2n) is 3.92. The maximum atomic E-state index is 12.2. The van der Waals surface area contributed by atoms with E-state index in [1.54, 1.807) is 36.4 Å². The summed E-state index contributed by atoms with van der Waals surface area (Å²) in [5, 5.41) is 0. The van der Waals surface area contributed by atoms with Crippen LogP contribution in [0.25, 0.3) is 0 Å². The number of nitrogens with one attached hydrogen (secondary N) is 1. The zero-order valence-corrected chi connectivity index (χ0v) is 12.4. The molecule has 0 heterocycles. The Labute approximate surface area is 120 Å². The summed E-state index contributed by atoms with van der Waals surface area (Å²) in [4.78, 5) is 0.202. The fourth-order valence-corrected chi connectivity index (χ4v) is 3.33. The normalized spacial score (nSPS) is 11.3. The van der Waals surface area contributed by atoms with Crippen LogP contribution in [0.1, 0.15) is 5.56 Å². The fraction of sp³-hybridized carbons (Fsp3) is 0.0769. The summed E-state index contributed by atoms with van der Waals surface area (Å²) >= 11 is 3.26. The molecule has 0 amide bonds. The first-order valence-corrected chi connectivity index (χ1v) is 7.87. The van der Waals surface area contributed by atoms with Crippen molar-refractivity contribution < 1.29 is 8.42 Å². The molecule has 0 aliphatic heterocycles. The van der Waals surface area contributed by atoms with E-state index in [0.29, 0.717) is 10.2 Å². The predicted octanol–water partition coefficient (Wildman–Crippen LogP) is 2.71. The van der Waals surface area contributed by atoms with Crippen molar-refractivity contribution in [1.29, 1.82) is 0 Å². The smallest absolute Gasteiger partial charge is 0.261 e. The van der Waals surface area contributed by atoms with E-state index in [1.165, 1.54) is 6.07 Å². The highest BCUT2D eigenvalue weighted by molar-refractivity contribution is 9.10. The van der Waals surface area contributed by atoms with Crippen LogP contribution in [0.2, 0.25) is 0 Å². The molecule has 0 saturated heterocycles. The standard InChI is InChI=1S/C13H13BrN2O2S/c14-11-5-3-6-12(8-11)19(17,18)16-13-7-2-1-4-10(13)9-15/h1-8,16H,9,15H2. The number of rotatable bonds is 4. The van der Waals surface area contributed by atoms with Crippen molar-refractivity contribution in [3.05, 3.63) is 58.6 Å². The number of anilines is 1. The third-order valence-corrected chi connectivity index (χ3v) is 4.44. The summed E-state index contributed by atoms with van der Waals surface area (Å²) in [6.45, 7) is 0.275. The van der Waals surface area contributed by atoms with Gasteiger partial charge < -0.3 is 5.73 Å². The molecule has 0 unspecified atom stereocenters. The van der Waals surface area contributed by atoms with Crippen LogP contribution in [0, 0.1) is 0 Å².